The summed E-state index contributed by atoms with van der Waals surface area (Å²) in [6, 6.07) is 4.26. The summed E-state index contributed by atoms with van der Waals surface area (Å²) in [5, 5.41) is 14.3. The summed E-state index contributed by atoms with van der Waals surface area (Å²) in [6.45, 7) is 2.24. The van der Waals surface area contributed by atoms with E-state index in [-0.39, 0.29) is 17.2 Å². The van der Waals surface area contributed by atoms with Gasteiger partial charge in [0.25, 0.3) is 11.6 Å². The summed E-state index contributed by atoms with van der Waals surface area (Å²) in [4.78, 5) is 27.4. The Balaban J connectivity index is 2.09. The molecule has 0 bridgehead atoms. The molecule has 1 aromatic heterocycles. The molecule has 20 heavy (non-hydrogen) atoms. The van der Waals surface area contributed by atoms with E-state index in [0.29, 0.717) is 11.0 Å². The number of nitrogens with one attached hydrogen (secondary N) is 1. The van der Waals surface area contributed by atoms with Crippen LogP contribution in [0.1, 0.15) is 20.2 Å². The number of nitro groups is 1. The van der Waals surface area contributed by atoms with Gasteiger partial charge in [0.05, 0.1) is 15.9 Å². The molecule has 1 N–H and O–H groups in total. The minimum atomic E-state index is -0.537. The molecule has 0 fully saturated rings. The van der Waals surface area contributed by atoms with Crippen molar-refractivity contribution in [2.75, 3.05) is 0 Å². The number of aromatic nitrogens is 1. The first-order valence-electron chi connectivity index (χ1n) is 5.61. The van der Waals surface area contributed by atoms with Crippen molar-refractivity contribution < 1.29 is 9.72 Å². The van der Waals surface area contributed by atoms with Gasteiger partial charge in [0.1, 0.15) is 5.01 Å². The van der Waals surface area contributed by atoms with Gasteiger partial charge in [-0.3, -0.25) is 14.9 Å². The number of hydrogen-bond acceptors (Lipinski definition) is 5. The van der Waals surface area contributed by atoms with Crippen LogP contribution in [-0.2, 0) is 6.54 Å². The van der Waals surface area contributed by atoms with Crippen molar-refractivity contribution in [2.45, 2.75) is 13.5 Å². The molecule has 1 aromatic carbocycles. The molecule has 0 radical (unpaired) electrons. The van der Waals surface area contributed by atoms with Crippen LogP contribution in [0.4, 0.5) is 5.69 Å². The Labute approximate surface area is 127 Å². The maximum atomic E-state index is 11.9. The van der Waals surface area contributed by atoms with Gasteiger partial charge < -0.3 is 5.32 Å². The molecule has 8 heteroatoms. The first kappa shape index (κ1) is 14.6. The Morgan fingerprint density at radius 1 is 1.55 bits per heavy atom. The Bertz CT molecular complexity index is 672. The number of aryl methyl sites for hydroxylation is 1. The van der Waals surface area contributed by atoms with Crippen LogP contribution in [0.2, 0.25) is 0 Å². The average molecular weight is 356 g/mol. The SMILES string of the molecule is Cc1cnc(CNC(=O)c2ccc(Br)c([N+](=O)[O-])c2)s1. The fourth-order valence-electron chi connectivity index (χ4n) is 1.53. The van der Waals surface area contributed by atoms with Gasteiger partial charge in [-0.05, 0) is 35.0 Å². The average Bonchev–Trinajstić information content (AvgIpc) is 2.82. The second-order valence-corrected chi connectivity index (χ2v) is 6.14. The molecule has 0 atom stereocenters. The number of nitrogens with zero attached hydrogens (tertiary/aromatic N) is 2. The number of rotatable bonds is 4. The second-order valence-electron chi connectivity index (χ2n) is 3.97. The zero-order chi connectivity index (χ0) is 14.7. The normalized spacial score (nSPS) is 10.3. The van der Waals surface area contributed by atoms with Crippen LogP contribution in [0.15, 0.2) is 28.9 Å². The highest BCUT2D eigenvalue weighted by Crippen LogP contribution is 2.25. The van der Waals surface area contributed by atoms with E-state index >= 15 is 0 Å². The molecule has 0 aliphatic heterocycles. The van der Waals surface area contributed by atoms with Crippen molar-refractivity contribution in [3.05, 3.63) is 54.4 Å². The number of amides is 1. The van der Waals surface area contributed by atoms with Gasteiger partial charge in [-0.1, -0.05) is 0 Å². The molecule has 0 saturated carbocycles. The van der Waals surface area contributed by atoms with E-state index in [1.165, 1.54) is 29.5 Å². The van der Waals surface area contributed by atoms with Gasteiger partial charge in [0, 0.05) is 22.7 Å². The quantitative estimate of drug-likeness (QED) is 0.674. The third-order valence-electron chi connectivity index (χ3n) is 2.47. The first-order chi connectivity index (χ1) is 9.47. The summed E-state index contributed by atoms with van der Waals surface area (Å²) >= 11 is 4.57. The van der Waals surface area contributed by atoms with Crippen LogP contribution in [0.5, 0.6) is 0 Å². The predicted molar refractivity (Wildman–Crippen MR) is 78.8 cm³/mol. The van der Waals surface area contributed by atoms with Crippen molar-refractivity contribution in [1.29, 1.82) is 0 Å². The van der Waals surface area contributed by atoms with Crippen molar-refractivity contribution in [3.63, 3.8) is 0 Å². The summed E-state index contributed by atoms with van der Waals surface area (Å²) in [6.07, 6.45) is 1.73. The van der Waals surface area contributed by atoms with Crippen molar-refractivity contribution in [2.24, 2.45) is 0 Å². The third kappa shape index (κ3) is 3.40. The molecule has 2 aromatic rings. The number of hydrogen-bond donors (Lipinski definition) is 1. The van der Waals surface area contributed by atoms with Crippen LogP contribution >= 0.6 is 27.3 Å². The summed E-state index contributed by atoms with van der Waals surface area (Å²) in [5.74, 6) is -0.367. The van der Waals surface area contributed by atoms with Gasteiger partial charge in [0.2, 0.25) is 0 Å². The highest BCUT2D eigenvalue weighted by atomic mass is 79.9. The Kier molecular flexibility index (Phi) is 4.46. The van der Waals surface area contributed by atoms with Gasteiger partial charge in [0.15, 0.2) is 0 Å². The second kappa shape index (κ2) is 6.10. The highest BCUT2D eigenvalue weighted by Gasteiger charge is 2.16. The van der Waals surface area contributed by atoms with Crippen LogP contribution in [-0.4, -0.2) is 15.8 Å². The van der Waals surface area contributed by atoms with E-state index < -0.39 is 4.92 Å². The minimum Gasteiger partial charge on any atom is -0.346 e. The van der Waals surface area contributed by atoms with E-state index in [1.54, 1.807) is 6.20 Å². The standard InChI is InChI=1S/C12H10BrN3O3S/c1-7-5-14-11(20-7)6-15-12(17)8-2-3-9(13)10(4-8)16(18)19/h2-5H,6H2,1H3,(H,15,17). The number of carbonyl (C=O) groups is 1. The van der Waals surface area contributed by atoms with Crippen molar-refractivity contribution >= 4 is 38.9 Å². The largest absolute Gasteiger partial charge is 0.346 e. The molecule has 0 aliphatic rings. The lowest BCUT2D eigenvalue weighted by Gasteiger charge is -2.04. The molecular formula is C12H10BrN3O3S. The van der Waals surface area contributed by atoms with Crippen molar-refractivity contribution in [1.82, 2.24) is 10.3 Å². The molecular weight excluding hydrogens is 346 g/mol. The maximum absolute atomic E-state index is 11.9. The third-order valence-corrected chi connectivity index (χ3v) is 4.06. The molecule has 104 valence electrons. The summed E-state index contributed by atoms with van der Waals surface area (Å²) < 4.78 is 0.342. The molecule has 0 unspecified atom stereocenters. The Hall–Kier alpha value is -1.80. The lowest BCUT2D eigenvalue weighted by molar-refractivity contribution is -0.385. The zero-order valence-corrected chi connectivity index (χ0v) is 12.8. The molecule has 0 aliphatic carbocycles. The van der Waals surface area contributed by atoms with Crippen molar-refractivity contribution in [3.8, 4) is 0 Å². The molecule has 0 saturated heterocycles. The van der Waals surface area contributed by atoms with Gasteiger partial charge in [-0.2, -0.15) is 0 Å². The van der Waals surface area contributed by atoms with Crippen LogP contribution < -0.4 is 5.32 Å². The fourth-order valence-corrected chi connectivity index (χ4v) is 2.65. The van der Waals surface area contributed by atoms with E-state index in [0.717, 1.165) is 9.88 Å². The van der Waals surface area contributed by atoms with Gasteiger partial charge >= 0.3 is 0 Å². The Morgan fingerprint density at radius 2 is 2.30 bits per heavy atom. The molecule has 6 nitrogen and oxygen atoms in total. The maximum Gasteiger partial charge on any atom is 0.284 e. The molecule has 1 heterocycles. The van der Waals surface area contributed by atoms with Crippen LogP contribution in [0, 0.1) is 17.0 Å². The number of nitro benzene ring substituents is 1. The monoisotopic (exact) mass is 355 g/mol. The van der Waals surface area contributed by atoms with E-state index in [2.05, 4.69) is 26.2 Å². The summed E-state index contributed by atoms with van der Waals surface area (Å²) in [5.41, 5.74) is 0.107. The van der Waals surface area contributed by atoms with Crippen LogP contribution in [0.25, 0.3) is 0 Å². The molecule has 1 amide bonds. The molecule has 0 spiro atoms. The topological polar surface area (TPSA) is 85.1 Å². The van der Waals surface area contributed by atoms with Crippen LogP contribution in [0.3, 0.4) is 0 Å². The first-order valence-corrected chi connectivity index (χ1v) is 7.22. The lowest BCUT2D eigenvalue weighted by Crippen LogP contribution is -2.22. The Morgan fingerprint density at radius 3 is 2.90 bits per heavy atom. The predicted octanol–water partition coefficient (Wildman–Crippen LogP) is 3.05. The number of carbonyl (C=O) groups excluding carboxylic acids is 1. The van der Waals surface area contributed by atoms with E-state index in [9.17, 15) is 14.9 Å². The van der Waals surface area contributed by atoms with E-state index in [1.807, 2.05) is 6.92 Å². The number of thiazole rings is 1. The fraction of sp³-hybridized carbons (Fsp3) is 0.167. The highest BCUT2D eigenvalue weighted by molar-refractivity contribution is 9.10. The van der Waals surface area contributed by atoms with Gasteiger partial charge in [-0.15, -0.1) is 11.3 Å². The van der Waals surface area contributed by atoms with Gasteiger partial charge in [-0.25, -0.2) is 4.98 Å². The number of halogens is 1. The number of benzene rings is 1. The lowest BCUT2D eigenvalue weighted by atomic mass is 10.2. The minimum absolute atomic E-state index is 0.136. The smallest absolute Gasteiger partial charge is 0.284 e. The van der Waals surface area contributed by atoms with E-state index in [4.69, 9.17) is 0 Å². The zero-order valence-electron chi connectivity index (χ0n) is 10.4. The molecule has 2 rings (SSSR count). The summed E-state index contributed by atoms with van der Waals surface area (Å²) in [7, 11) is 0.